The lowest BCUT2D eigenvalue weighted by Crippen LogP contribution is -2.34. The van der Waals surface area contributed by atoms with E-state index in [1.54, 1.807) is 18.7 Å². The van der Waals surface area contributed by atoms with Gasteiger partial charge in [-0.05, 0) is 38.0 Å². The van der Waals surface area contributed by atoms with Crippen LogP contribution in [-0.4, -0.2) is 45.0 Å². The number of amides is 1. The third kappa shape index (κ3) is 4.21. The minimum absolute atomic E-state index is 0.127. The molecule has 1 amide bonds. The summed E-state index contributed by atoms with van der Waals surface area (Å²) in [5.74, 6) is 0.204. The summed E-state index contributed by atoms with van der Waals surface area (Å²) >= 11 is 0. The number of carbonyl (C=O) groups is 1. The molecule has 0 bridgehead atoms. The molecule has 1 aromatic carbocycles. The Morgan fingerprint density at radius 3 is 2.86 bits per heavy atom. The average molecular weight is 490 g/mol. The van der Waals surface area contributed by atoms with E-state index in [1.165, 1.54) is 12.1 Å². The van der Waals surface area contributed by atoms with Crippen molar-refractivity contribution in [1.29, 1.82) is 5.26 Å². The number of hydrogen-bond donors (Lipinski definition) is 1. The van der Waals surface area contributed by atoms with Crippen LogP contribution in [0.3, 0.4) is 0 Å². The first-order valence-corrected chi connectivity index (χ1v) is 11.8. The summed E-state index contributed by atoms with van der Waals surface area (Å²) in [6.07, 6.45) is 2.52. The Morgan fingerprint density at radius 2 is 2.11 bits per heavy atom. The summed E-state index contributed by atoms with van der Waals surface area (Å²) < 4.78 is 30.4. The molecule has 0 aromatic heterocycles. The van der Waals surface area contributed by atoms with Crippen molar-refractivity contribution in [3.8, 4) is 17.5 Å². The van der Waals surface area contributed by atoms with E-state index in [0.717, 1.165) is 41.0 Å². The lowest BCUT2D eigenvalue weighted by Gasteiger charge is -2.27. The van der Waals surface area contributed by atoms with E-state index in [4.69, 9.17) is 10.3 Å². The summed E-state index contributed by atoms with van der Waals surface area (Å²) in [6.45, 7) is 5.91. The van der Waals surface area contributed by atoms with Crippen molar-refractivity contribution in [2.45, 2.75) is 39.3 Å². The largest absolute Gasteiger partial charge is 0.369 e. The number of hydrogen-bond acceptors (Lipinski definition) is 6. The van der Waals surface area contributed by atoms with Crippen molar-refractivity contribution in [3.63, 3.8) is 0 Å². The monoisotopic (exact) mass is 489 g/mol. The zero-order valence-corrected chi connectivity index (χ0v) is 20.1. The second-order valence-corrected chi connectivity index (χ2v) is 8.92. The van der Waals surface area contributed by atoms with Crippen molar-refractivity contribution in [2.75, 3.05) is 25.0 Å². The normalized spacial score (nSPS) is 16.4. The van der Waals surface area contributed by atoms with Gasteiger partial charge in [-0.1, -0.05) is 18.2 Å². The standard InChI is InChI=1S/C26H25F2N7O/c1-15(18-4-3-5-21(27)23(18)28)31-24-20-14-19(17-7-11-34(12-8-17)22(36)6-9-29)25-30-10-13-35(25)26(20)33-16(2)32-24/h3-5,7,14-15,30H,6,8,10-13H2,1-2H3/t15-/m1/s1. The molecule has 0 radical (unpaired) electrons. The van der Waals surface area contributed by atoms with Gasteiger partial charge in [-0.15, -0.1) is 0 Å². The maximum Gasteiger partial charge on any atom is 0.237 e. The molecule has 0 unspecified atom stereocenters. The zero-order chi connectivity index (χ0) is 25.4. The van der Waals surface area contributed by atoms with Crippen molar-refractivity contribution < 1.29 is 13.6 Å². The first-order chi connectivity index (χ1) is 17.4. The van der Waals surface area contributed by atoms with Gasteiger partial charge in [0.2, 0.25) is 5.91 Å². The second kappa shape index (κ2) is 9.49. The number of aromatic nitrogens is 3. The van der Waals surface area contributed by atoms with Gasteiger partial charge in [-0.25, -0.2) is 18.7 Å². The maximum absolute atomic E-state index is 14.4. The summed E-state index contributed by atoms with van der Waals surface area (Å²) in [6, 6.07) is 7.32. The number of rotatable bonds is 4. The molecular weight excluding hydrogens is 464 g/mol. The topological polar surface area (TPSA) is 99.2 Å². The van der Waals surface area contributed by atoms with Crippen molar-refractivity contribution in [2.24, 2.45) is 4.99 Å². The first kappa shape index (κ1) is 23.6. The number of nitrogens with zero attached hydrogens (tertiary/aromatic N) is 6. The molecule has 10 heteroatoms. The van der Waals surface area contributed by atoms with Crippen LogP contribution < -0.4 is 10.8 Å². The molecular formula is C26H25F2N7O. The number of benzene rings is 1. The van der Waals surface area contributed by atoms with Gasteiger partial charge < -0.3 is 14.8 Å². The highest BCUT2D eigenvalue weighted by Gasteiger charge is 2.27. The van der Waals surface area contributed by atoms with Crippen LogP contribution in [0.15, 0.2) is 35.3 Å². The highest BCUT2D eigenvalue weighted by molar-refractivity contribution is 5.83. The summed E-state index contributed by atoms with van der Waals surface area (Å²) in [5, 5.41) is 12.3. The van der Waals surface area contributed by atoms with Gasteiger partial charge in [-0.2, -0.15) is 5.26 Å². The maximum atomic E-state index is 14.4. The van der Waals surface area contributed by atoms with Crippen molar-refractivity contribution >= 4 is 17.3 Å². The van der Waals surface area contributed by atoms with Gasteiger partial charge in [0, 0.05) is 37.3 Å². The predicted octanol–water partition coefficient (Wildman–Crippen LogP) is 3.59. The molecule has 1 N–H and O–H groups in total. The highest BCUT2D eigenvalue weighted by atomic mass is 19.2. The molecule has 1 aromatic rings. The molecule has 0 spiro atoms. The molecule has 5 rings (SSSR count). The SMILES string of the molecule is Cc1nc2n3c(c(C4=CCN(C(=O)CC#N)CC4)cc-2c(=N[C@H](C)c2cccc(F)c2F)n1)NCC3. The molecule has 4 aliphatic heterocycles. The summed E-state index contributed by atoms with van der Waals surface area (Å²) in [7, 11) is 0. The predicted molar refractivity (Wildman–Crippen MR) is 130 cm³/mol. The molecule has 4 heterocycles. The minimum Gasteiger partial charge on any atom is -0.369 e. The summed E-state index contributed by atoms with van der Waals surface area (Å²) in [4.78, 5) is 27.7. The fraction of sp³-hybridized carbons (Fsp3) is 0.346. The Labute approximate surface area is 207 Å². The molecule has 0 aliphatic carbocycles. The van der Waals surface area contributed by atoms with Gasteiger partial charge >= 0.3 is 0 Å². The van der Waals surface area contributed by atoms with Crippen LogP contribution in [0.25, 0.3) is 17.0 Å². The quantitative estimate of drug-likeness (QED) is 0.604. The average Bonchev–Trinajstić information content (AvgIpc) is 3.36. The molecule has 1 atom stereocenters. The van der Waals surface area contributed by atoms with E-state index in [0.29, 0.717) is 37.4 Å². The minimum atomic E-state index is -0.911. The highest BCUT2D eigenvalue weighted by Crippen LogP contribution is 2.36. The van der Waals surface area contributed by atoms with Crippen LogP contribution in [0.1, 0.15) is 42.8 Å². The van der Waals surface area contributed by atoms with E-state index in [9.17, 15) is 13.6 Å². The van der Waals surface area contributed by atoms with Gasteiger partial charge in [-0.3, -0.25) is 9.79 Å². The number of anilines is 1. The molecule has 184 valence electrons. The van der Waals surface area contributed by atoms with Gasteiger partial charge in [0.05, 0.1) is 17.7 Å². The van der Waals surface area contributed by atoms with Crippen molar-refractivity contribution in [1.82, 2.24) is 19.4 Å². The van der Waals surface area contributed by atoms with Crippen LogP contribution in [0, 0.1) is 29.9 Å². The fourth-order valence-electron chi connectivity index (χ4n) is 4.80. The van der Waals surface area contributed by atoms with E-state index < -0.39 is 17.7 Å². The van der Waals surface area contributed by atoms with Crippen LogP contribution >= 0.6 is 0 Å². The molecule has 0 saturated heterocycles. The Morgan fingerprint density at radius 1 is 1.28 bits per heavy atom. The number of fused-ring (bicyclic) bond motifs is 3. The van der Waals surface area contributed by atoms with Crippen LogP contribution in [0.4, 0.5) is 14.6 Å². The Kier molecular flexibility index (Phi) is 6.22. The third-order valence-corrected chi connectivity index (χ3v) is 6.60. The van der Waals surface area contributed by atoms with Crippen molar-refractivity contribution in [3.05, 3.63) is 64.4 Å². The van der Waals surface area contributed by atoms with E-state index in [-0.39, 0.29) is 17.9 Å². The molecule has 8 nitrogen and oxygen atoms in total. The Bertz CT molecular complexity index is 1470. The number of carbonyl (C=O) groups excluding carboxylic acids is 1. The van der Waals surface area contributed by atoms with Gasteiger partial charge in [0.1, 0.15) is 23.9 Å². The molecule has 0 saturated carbocycles. The van der Waals surface area contributed by atoms with Crippen LogP contribution in [-0.2, 0) is 11.3 Å². The lowest BCUT2D eigenvalue weighted by atomic mass is 9.97. The van der Waals surface area contributed by atoms with Crippen LogP contribution in [0.5, 0.6) is 0 Å². The Hall–Kier alpha value is -4.13. The van der Waals surface area contributed by atoms with E-state index in [2.05, 4.69) is 19.9 Å². The number of halogens is 2. The van der Waals surface area contributed by atoms with E-state index >= 15 is 0 Å². The summed E-state index contributed by atoms with van der Waals surface area (Å²) in [5.41, 5.74) is 3.34. The van der Waals surface area contributed by atoms with Crippen LogP contribution in [0.2, 0.25) is 0 Å². The number of nitrogens with one attached hydrogen (secondary N) is 1. The Balaban J connectivity index is 1.62. The lowest BCUT2D eigenvalue weighted by molar-refractivity contribution is -0.129. The van der Waals surface area contributed by atoms with Gasteiger partial charge in [0.15, 0.2) is 17.1 Å². The number of nitriles is 1. The fourth-order valence-corrected chi connectivity index (χ4v) is 4.80. The number of aryl methyl sites for hydroxylation is 1. The third-order valence-electron chi connectivity index (χ3n) is 6.60. The van der Waals surface area contributed by atoms with E-state index in [1.807, 2.05) is 18.2 Å². The smallest absolute Gasteiger partial charge is 0.237 e. The van der Waals surface area contributed by atoms with Gasteiger partial charge in [0.25, 0.3) is 0 Å². The zero-order valence-electron chi connectivity index (χ0n) is 20.1. The molecule has 0 fully saturated rings. The second-order valence-electron chi connectivity index (χ2n) is 8.92. The number of pyridine rings is 1. The first-order valence-electron chi connectivity index (χ1n) is 11.8. The molecule has 4 aliphatic rings. The molecule has 36 heavy (non-hydrogen) atoms.